The highest BCUT2D eigenvalue weighted by molar-refractivity contribution is 7.10. The molecule has 0 aliphatic heterocycles. The van der Waals surface area contributed by atoms with Gasteiger partial charge in [0, 0.05) is 11.4 Å². The molecular formula is C12H20N2O2S. The lowest BCUT2D eigenvalue weighted by Gasteiger charge is -2.20. The molecule has 0 radical (unpaired) electrons. The van der Waals surface area contributed by atoms with Crippen LogP contribution in [0.1, 0.15) is 24.8 Å². The minimum Gasteiger partial charge on any atom is -0.395 e. The highest BCUT2D eigenvalue weighted by Gasteiger charge is 2.12. The number of nitrogens with one attached hydrogen (secondary N) is 1. The van der Waals surface area contributed by atoms with Gasteiger partial charge in [-0.1, -0.05) is 13.0 Å². The highest BCUT2D eigenvalue weighted by Crippen LogP contribution is 2.17. The smallest absolute Gasteiger partial charge is 0.234 e. The van der Waals surface area contributed by atoms with Crippen molar-refractivity contribution in [1.29, 1.82) is 0 Å². The van der Waals surface area contributed by atoms with E-state index in [1.54, 1.807) is 11.3 Å². The Bertz CT molecular complexity index is 327. The first kappa shape index (κ1) is 14.2. The largest absolute Gasteiger partial charge is 0.395 e. The first-order valence-electron chi connectivity index (χ1n) is 5.83. The summed E-state index contributed by atoms with van der Waals surface area (Å²) in [5, 5.41) is 13.8. The summed E-state index contributed by atoms with van der Waals surface area (Å²) in [5.41, 5.74) is 0. The molecule has 1 amide bonds. The molecule has 5 heteroatoms. The lowest BCUT2D eigenvalue weighted by atomic mass is 10.2. The van der Waals surface area contributed by atoms with Crippen LogP contribution in [0.2, 0.25) is 0 Å². The van der Waals surface area contributed by atoms with Crippen molar-refractivity contribution in [2.75, 3.05) is 26.2 Å². The van der Waals surface area contributed by atoms with Gasteiger partial charge in [0.2, 0.25) is 5.91 Å². The third-order valence-corrected chi connectivity index (χ3v) is 3.63. The predicted molar refractivity (Wildman–Crippen MR) is 70.1 cm³/mol. The molecule has 1 heterocycles. The minimum absolute atomic E-state index is 0.00111. The molecule has 0 saturated carbocycles. The van der Waals surface area contributed by atoms with E-state index in [0.29, 0.717) is 13.1 Å². The van der Waals surface area contributed by atoms with Gasteiger partial charge in [0.15, 0.2) is 0 Å². The van der Waals surface area contributed by atoms with E-state index in [2.05, 4.69) is 5.32 Å². The summed E-state index contributed by atoms with van der Waals surface area (Å²) in [6.45, 7) is 5.69. The van der Waals surface area contributed by atoms with Gasteiger partial charge >= 0.3 is 0 Å². The zero-order valence-electron chi connectivity index (χ0n) is 10.3. The summed E-state index contributed by atoms with van der Waals surface area (Å²) in [6.07, 6.45) is 0. The Morgan fingerprint density at radius 1 is 1.65 bits per heavy atom. The second-order valence-electron chi connectivity index (χ2n) is 3.90. The monoisotopic (exact) mass is 256 g/mol. The van der Waals surface area contributed by atoms with E-state index >= 15 is 0 Å². The van der Waals surface area contributed by atoms with Gasteiger partial charge in [-0.2, -0.15) is 0 Å². The van der Waals surface area contributed by atoms with E-state index in [9.17, 15) is 4.79 Å². The van der Waals surface area contributed by atoms with Crippen LogP contribution in [0.15, 0.2) is 17.5 Å². The molecule has 2 N–H and O–H groups in total. The Hall–Kier alpha value is -0.910. The molecule has 1 atom stereocenters. The number of rotatable bonds is 7. The first-order chi connectivity index (χ1) is 8.17. The molecule has 0 aliphatic rings. The Balaban J connectivity index is 2.38. The summed E-state index contributed by atoms with van der Waals surface area (Å²) >= 11 is 1.64. The number of amides is 1. The van der Waals surface area contributed by atoms with E-state index in [4.69, 9.17) is 5.11 Å². The zero-order valence-corrected chi connectivity index (χ0v) is 11.2. The maximum absolute atomic E-state index is 11.8. The molecule has 0 fully saturated rings. The molecule has 4 nitrogen and oxygen atoms in total. The minimum atomic E-state index is 0.00111. The lowest BCUT2D eigenvalue weighted by Crippen LogP contribution is -2.39. The summed E-state index contributed by atoms with van der Waals surface area (Å²) in [7, 11) is 0. The van der Waals surface area contributed by atoms with Gasteiger partial charge in [-0.3, -0.25) is 9.69 Å². The average molecular weight is 256 g/mol. The van der Waals surface area contributed by atoms with Gasteiger partial charge in [-0.25, -0.2) is 0 Å². The molecule has 1 unspecified atom stereocenters. The SMILES string of the molecule is CCN(CCO)CC(=O)NC(C)c1cccs1. The van der Waals surface area contributed by atoms with Crippen LogP contribution in [-0.4, -0.2) is 42.2 Å². The molecule has 1 rings (SSSR count). The molecule has 1 aromatic heterocycles. The zero-order chi connectivity index (χ0) is 12.7. The number of hydrogen-bond acceptors (Lipinski definition) is 4. The van der Waals surface area contributed by atoms with Crippen molar-refractivity contribution in [3.8, 4) is 0 Å². The molecule has 0 bridgehead atoms. The van der Waals surface area contributed by atoms with Gasteiger partial charge in [0.25, 0.3) is 0 Å². The van der Waals surface area contributed by atoms with Crippen LogP contribution in [0.5, 0.6) is 0 Å². The lowest BCUT2D eigenvalue weighted by molar-refractivity contribution is -0.122. The fourth-order valence-electron chi connectivity index (χ4n) is 1.59. The van der Waals surface area contributed by atoms with Crippen molar-refractivity contribution in [2.24, 2.45) is 0 Å². The number of aliphatic hydroxyl groups excluding tert-OH is 1. The van der Waals surface area contributed by atoms with E-state index in [1.807, 2.05) is 36.3 Å². The Kier molecular flexibility index (Phi) is 6.18. The molecule has 0 aliphatic carbocycles. The summed E-state index contributed by atoms with van der Waals surface area (Å²) < 4.78 is 0. The molecule has 1 aromatic rings. The first-order valence-corrected chi connectivity index (χ1v) is 6.71. The van der Waals surface area contributed by atoms with Gasteiger partial charge in [-0.15, -0.1) is 11.3 Å². The van der Waals surface area contributed by atoms with Gasteiger partial charge in [-0.05, 0) is 24.9 Å². The van der Waals surface area contributed by atoms with E-state index < -0.39 is 0 Å². The summed E-state index contributed by atoms with van der Waals surface area (Å²) in [5.74, 6) is 0.00111. The second-order valence-corrected chi connectivity index (χ2v) is 4.88. The van der Waals surface area contributed by atoms with Crippen molar-refractivity contribution in [3.63, 3.8) is 0 Å². The molecular weight excluding hydrogens is 236 g/mol. The third kappa shape index (κ3) is 4.85. The van der Waals surface area contributed by atoms with Crippen LogP contribution >= 0.6 is 11.3 Å². The molecule has 96 valence electrons. The van der Waals surface area contributed by atoms with Crippen molar-refractivity contribution in [2.45, 2.75) is 19.9 Å². The van der Waals surface area contributed by atoms with E-state index in [0.717, 1.165) is 11.4 Å². The molecule has 0 saturated heterocycles. The van der Waals surface area contributed by atoms with Crippen LogP contribution in [-0.2, 0) is 4.79 Å². The van der Waals surface area contributed by atoms with Crippen LogP contribution in [0.4, 0.5) is 0 Å². The molecule has 0 aromatic carbocycles. The second kappa shape index (κ2) is 7.42. The number of carbonyl (C=O) groups excluding carboxylic acids is 1. The van der Waals surface area contributed by atoms with Crippen molar-refractivity contribution >= 4 is 17.2 Å². The van der Waals surface area contributed by atoms with Crippen molar-refractivity contribution in [1.82, 2.24) is 10.2 Å². The normalized spacial score (nSPS) is 12.7. The Morgan fingerprint density at radius 2 is 2.41 bits per heavy atom. The summed E-state index contributed by atoms with van der Waals surface area (Å²) in [6, 6.07) is 4.04. The van der Waals surface area contributed by atoms with Gasteiger partial charge < -0.3 is 10.4 Å². The quantitative estimate of drug-likeness (QED) is 0.772. The predicted octanol–water partition coefficient (Wildman–Crippen LogP) is 1.24. The number of likely N-dealkylation sites (N-methyl/N-ethyl adjacent to an activating group) is 1. The van der Waals surface area contributed by atoms with Crippen LogP contribution in [0.25, 0.3) is 0 Å². The van der Waals surface area contributed by atoms with Crippen molar-refractivity contribution < 1.29 is 9.90 Å². The Morgan fingerprint density at radius 3 is 2.94 bits per heavy atom. The maximum atomic E-state index is 11.8. The maximum Gasteiger partial charge on any atom is 0.234 e. The van der Waals surface area contributed by atoms with Crippen molar-refractivity contribution in [3.05, 3.63) is 22.4 Å². The topological polar surface area (TPSA) is 52.6 Å². The van der Waals surface area contributed by atoms with E-state index in [1.165, 1.54) is 0 Å². The average Bonchev–Trinajstić information content (AvgIpc) is 2.81. The Labute approximate surface area is 106 Å². The number of thiophene rings is 1. The van der Waals surface area contributed by atoms with E-state index in [-0.39, 0.29) is 18.6 Å². The number of carbonyl (C=O) groups is 1. The highest BCUT2D eigenvalue weighted by atomic mass is 32.1. The van der Waals surface area contributed by atoms with Crippen LogP contribution in [0.3, 0.4) is 0 Å². The van der Waals surface area contributed by atoms with Crippen LogP contribution < -0.4 is 5.32 Å². The standard InChI is InChI=1S/C12H20N2O2S/c1-3-14(6-7-15)9-12(16)13-10(2)11-5-4-8-17-11/h4-5,8,10,15H,3,6-7,9H2,1-2H3,(H,13,16). The summed E-state index contributed by atoms with van der Waals surface area (Å²) in [4.78, 5) is 14.8. The number of hydrogen-bond donors (Lipinski definition) is 2. The number of nitrogens with zero attached hydrogens (tertiary/aromatic N) is 1. The fourth-order valence-corrected chi connectivity index (χ4v) is 2.32. The third-order valence-electron chi connectivity index (χ3n) is 2.58. The van der Waals surface area contributed by atoms with Gasteiger partial charge in [0.1, 0.15) is 0 Å². The van der Waals surface area contributed by atoms with Gasteiger partial charge in [0.05, 0.1) is 19.2 Å². The fraction of sp³-hybridized carbons (Fsp3) is 0.583. The molecule has 0 spiro atoms. The van der Waals surface area contributed by atoms with Crippen LogP contribution in [0, 0.1) is 0 Å². The molecule has 17 heavy (non-hydrogen) atoms. The number of aliphatic hydroxyl groups is 1.